The summed E-state index contributed by atoms with van der Waals surface area (Å²) in [5.41, 5.74) is 7.47. The summed E-state index contributed by atoms with van der Waals surface area (Å²) in [5, 5.41) is 14.3. The Kier molecular flexibility index (Phi) is 3.90. The van der Waals surface area contributed by atoms with Crippen molar-refractivity contribution >= 4 is 33.7 Å². The van der Waals surface area contributed by atoms with Crippen LogP contribution in [0.1, 0.15) is 31.9 Å². The van der Waals surface area contributed by atoms with Crippen LogP contribution in [-0.4, -0.2) is 33.2 Å². The smallest absolute Gasteiger partial charge is 0.149 e. The Hall–Kier alpha value is -1.18. The standard InChI is InChI=1S/C14H20N4OS2/c1-9-8-20-12(16-9)10-11(15)17-21-13(10)18-6-3-4-14(2,19)5-7-18/h8,19H,3-7H2,1-2H3,(H2,15,17). The van der Waals surface area contributed by atoms with E-state index in [1.54, 1.807) is 11.3 Å². The van der Waals surface area contributed by atoms with E-state index >= 15 is 0 Å². The molecule has 1 aliphatic rings. The molecule has 1 unspecified atom stereocenters. The van der Waals surface area contributed by atoms with E-state index in [9.17, 15) is 5.11 Å². The molecule has 1 saturated heterocycles. The second kappa shape index (κ2) is 5.55. The lowest BCUT2D eigenvalue weighted by molar-refractivity contribution is 0.0481. The fraction of sp³-hybridized carbons (Fsp3) is 0.571. The molecule has 3 rings (SSSR count). The minimum atomic E-state index is -0.567. The van der Waals surface area contributed by atoms with E-state index in [-0.39, 0.29) is 0 Å². The van der Waals surface area contributed by atoms with Crippen molar-refractivity contribution in [3.63, 3.8) is 0 Å². The van der Waals surface area contributed by atoms with E-state index in [2.05, 4.69) is 14.3 Å². The molecule has 2 aromatic heterocycles. The third kappa shape index (κ3) is 3.04. The molecule has 0 saturated carbocycles. The molecule has 114 valence electrons. The van der Waals surface area contributed by atoms with Crippen molar-refractivity contribution in [3.8, 4) is 10.6 Å². The fourth-order valence-electron chi connectivity index (χ4n) is 2.65. The Morgan fingerprint density at radius 1 is 1.38 bits per heavy atom. The monoisotopic (exact) mass is 324 g/mol. The second-order valence-corrected chi connectivity index (χ2v) is 7.49. The van der Waals surface area contributed by atoms with Crippen LogP contribution in [0.15, 0.2) is 5.38 Å². The highest BCUT2D eigenvalue weighted by atomic mass is 32.1. The largest absolute Gasteiger partial charge is 0.390 e. The predicted octanol–water partition coefficient (Wildman–Crippen LogP) is 2.90. The minimum absolute atomic E-state index is 0.556. The number of rotatable bonds is 2. The van der Waals surface area contributed by atoms with Crippen LogP contribution < -0.4 is 10.6 Å². The number of nitrogens with two attached hydrogens (primary N) is 1. The van der Waals surface area contributed by atoms with Crippen molar-refractivity contribution < 1.29 is 5.11 Å². The van der Waals surface area contributed by atoms with Gasteiger partial charge < -0.3 is 15.7 Å². The number of anilines is 2. The maximum absolute atomic E-state index is 10.2. The Bertz CT molecular complexity index is 635. The van der Waals surface area contributed by atoms with E-state index in [0.717, 1.165) is 53.6 Å². The molecule has 1 fully saturated rings. The molecular weight excluding hydrogens is 304 g/mol. The number of hydrogen-bond acceptors (Lipinski definition) is 7. The van der Waals surface area contributed by atoms with Crippen molar-refractivity contribution in [3.05, 3.63) is 11.1 Å². The van der Waals surface area contributed by atoms with Gasteiger partial charge in [0.25, 0.3) is 0 Å². The van der Waals surface area contributed by atoms with Gasteiger partial charge in [-0.25, -0.2) is 4.98 Å². The predicted molar refractivity (Wildman–Crippen MR) is 89.1 cm³/mol. The van der Waals surface area contributed by atoms with Gasteiger partial charge in [-0.2, -0.15) is 4.37 Å². The van der Waals surface area contributed by atoms with E-state index in [4.69, 9.17) is 5.73 Å². The van der Waals surface area contributed by atoms with Crippen LogP contribution in [0.4, 0.5) is 10.8 Å². The lowest BCUT2D eigenvalue weighted by Gasteiger charge is -2.23. The topological polar surface area (TPSA) is 75.3 Å². The number of thiazole rings is 1. The quantitative estimate of drug-likeness (QED) is 0.888. The number of aliphatic hydroxyl groups is 1. The summed E-state index contributed by atoms with van der Waals surface area (Å²) in [5.74, 6) is 0.556. The van der Waals surface area contributed by atoms with Crippen LogP contribution in [0, 0.1) is 6.92 Å². The van der Waals surface area contributed by atoms with Crippen LogP contribution >= 0.6 is 22.9 Å². The third-order valence-corrected chi connectivity index (χ3v) is 5.79. The van der Waals surface area contributed by atoms with Gasteiger partial charge in [-0.15, -0.1) is 11.3 Å². The van der Waals surface area contributed by atoms with Gasteiger partial charge in [0.2, 0.25) is 0 Å². The number of aryl methyl sites for hydroxylation is 1. The summed E-state index contributed by atoms with van der Waals surface area (Å²) in [4.78, 5) is 6.84. The van der Waals surface area contributed by atoms with Crippen molar-refractivity contribution in [1.82, 2.24) is 9.36 Å². The van der Waals surface area contributed by atoms with E-state index in [0.29, 0.717) is 5.82 Å². The molecule has 0 amide bonds. The number of nitrogen functional groups attached to an aromatic ring is 1. The summed E-state index contributed by atoms with van der Waals surface area (Å²) in [6.45, 7) is 5.66. The Labute approximate surface area is 132 Å². The number of nitrogens with zero attached hydrogens (tertiary/aromatic N) is 3. The first kappa shape index (κ1) is 14.7. The van der Waals surface area contributed by atoms with Gasteiger partial charge in [-0.3, -0.25) is 0 Å². The van der Waals surface area contributed by atoms with Gasteiger partial charge in [-0.05, 0) is 44.6 Å². The summed E-state index contributed by atoms with van der Waals surface area (Å²) < 4.78 is 4.33. The SMILES string of the molecule is Cc1csc(-c2c(N)nsc2N2CCCC(C)(O)CC2)n1. The number of aromatic nitrogens is 2. The summed E-state index contributed by atoms with van der Waals surface area (Å²) in [6.07, 6.45) is 2.58. The lowest BCUT2D eigenvalue weighted by Crippen LogP contribution is -2.28. The second-order valence-electron chi connectivity index (χ2n) is 5.88. The molecule has 3 heterocycles. The average molecular weight is 324 g/mol. The van der Waals surface area contributed by atoms with Crippen LogP contribution in [0.2, 0.25) is 0 Å². The Morgan fingerprint density at radius 3 is 2.90 bits per heavy atom. The van der Waals surface area contributed by atoms with Crippen molar-refractivity contribution in [2.24, 2.45) is 0 Å². The zero-order valence-electron chi connectivity index (χ0n) is 12.3. The van der Waals surface area contributed by atoms with Crippen molar-refractivity contribution in [2.45, 2.75) is 38.7 Å². The van der Waals surface area contributed by atoms with Crippen LogP contribution in [0.25, 0.3) is 10.6 Å². The van der Waals surface area contributed by atoms with E-state index in [1.165, 1.54) is 11.5 Å². The summed E-state index contributed by atoms with van der Waals surface area (Å²) in [7, 11) is 0. The van der Waals surface area contributed by atoms with Crippen molar-refractivity contribution in [2.75, 3.05) is 23.7 Å². The molecule has 0 spiro atoms. The highest BCUT2D eigenvalue weighted by molar-refractivity contribution is 7.15. The summed E-state index contributed by atoms with van der Waals surface area (Å²) >= 11 is 3.04. The summed E-state index contributed by atoms with van der Waals surface area (Å²) in [6, 6.07) is 0. The van der Waals surface area contributed by atoms with Gasteiger partial charge >= 0.3 is 0 Å². The zero-order chi connectivity index (χ0) is 15.0. The van der Waals surface area contributed by atoms with E-state index < -0.39 is 5.60 Å². The van der Waals surface area contributed by atoms with Crippen LogP contribution in [-0.2, 0) is 0 Å². The highest BCUT2D eigenvalue weighted by Crippen LogP contribution is 2.41. The first-order valence-electron chi connectivity index (χ1n) is 7.11. The maximum Gasteiger partial charge on any atom is 0.149 e. The first-order chi connectivity index (χ1) is 9.96. The van der Waals surface area contributed by atoms with Crippen LogP contribution in [0.3, 0.4) is 0 Å². The molecule has 7 heteroatoms. The minimum Gasteiger partial charge on any atom is -0.390 e. The molecule has 5 nitrogen and oxygen atoms in total. The highest BCUT2D eigenvalue weighted by Gasteiger charge is 2.28. The zero-order valence-corrected chi connectivity index (χ0v) is 13.9. The Balaban J connectivity index is 1.93. The average Bonchev–Trinajstić information content (AvgIpc) is 2.94. The molecule has 1 atom stereocenters. The lowest BCUT2D eigenvalue weighted by atomic mass is 9.98. The van der Waals surface area contributed by atoms with Gasteiger partial charge in [0, 0.05) is 24.2 Å². The molecule has 0 bridgehead atoms. The molecule has 0 aromatic carbocycles. The molecule has 21 heavy (non-hydrogen) atoms. The molecule has 1 aliphatic heterocycles. The fourth-order valence-corrected chi connectivity index (χ4v) is 4.43. The van der Waals surface area contributed by atoms with Gasteiger partial charge in [0.1, 0.15) is 15.8 Å². The molecule has 0 aliphatic carbocycles. The normalized spacial score (nSPS) is 23.3. The first-order valence-corrected chi connectivity index (χ1v) is 8.76. The third-order valence-electron chi connectivity index (χ3n) is 3.88. The van der Waals surface area contributed by atoms with Crippen molar-refractivity contribution in [1.29, 1.82) is 0 Å². The number of hydrogen-bond donors (Lipinski definition) is 2. The Morgan fingerprint density at radius 2 is 2.19 bits per heavy atom. The van der Waals surface area contributed by atoms with Gasteiger partial charge in [0.15, 0.2) is 0 Å². The van der Waals surface area contributed by atoms with Gasteiger partial charge in [-0.1, -0.05) is 0 Å². The molecule has 2 aromatic rings. The van der Waals surface area contributed by atoms with Gasteiger partial charge in [0.05, 0.1) is 11.2 Å². The molecular formula is C14H20N4OS2. The van der Waals surface area contributed by atoms with Crippen LogP contribution in [0.5, 0.6) is 0 Å². The van der Waals surface area contributed by atoms with E-state index in [1.807, 2.05) is 19.2 Å². The maximum atomic E-state index is 10.2. The molecule has 3 N–H and O–H groups in total. The molecule has 0 radical (unpaired) electrons.